The standard InChI is InChI=1S/C24H20F4N6O2/c1-12-17(20-6-7-22-32-21(31-14(3)35)11-34(22)33-20)9-18(13(2)30-12)23(36)29-10-15-8-16(24(26,27)28)4-5-19(15)25/h4-9,11H,10H2,1-3H3,(H,29,36)(H,31,35). The zero-order valence-electron chi connectivity index (χ0n) is 19.4. The number of nitrogens with one attached hydrogen (secondary N) is 2. The van der Waals surface area contributed by atoms with Crippen LogP contribution in [0.5, 0.6) is 0 Å². The minimum absolute atomic E-state index is 0.162. The molecule has 0 saturated carbocycles. The highest BCUT2D eigenvalue weighted by molar-refractivity contribution is 5.96. The van der Waals surface area contributed by atoms with Crippen LogP contribution in [-0.2, 0) is 17.5 Å². The lowest BCUT2D eigenvalue weighted by Gasteiger charge is -2.13. The predicted octanol–water partition coefficient (Wildman–Crippen LogP) is 4.45. The molecular weight excluding hydrogens is 480 g/mol. The molecule has 0 bridgehead atoms. The van der Waals surface area contributed by atoms with Crippen LogP contribution in [0.1, 0.15) is 39.8 Å². The minimum atomic E-state index is -4.63. The number of amides is 2. The van der Waals surface area contributed by atoms with Gasteiger partial charge in [0, 0.05) is 30.3 Å². The van der Waals surface area contributed by atoms with Gasteiger partial charge in [-0.25, -0.2) is 13.9 Å². The Bertz CT molecular complexity index is 1500. The van der Waals surface area contributed by atoms with Crippen LogP contribution in [0.4, 0.5) is 23.4 Å². The van der Waals surface area contributed by atoms with Crippen molar-refractivity contribution in [3.05, 3.63) is 76.5 Å². The number of rotatable bonds is 5. The monoisotopic (exact) mass is 500 g/mol. The molecule has 2 amide bonds. The predicted molar refractivity (Wildman–Crippen MR) is 123 cm³/mol. The summed E-state index contributed by atoms with van der Waals surface area (Å²) in [6.45, 7) is 4.27. The Labute approximate surface area is 202 Å². The molecule has 0 atom stereocenters. The van der Waals surface area contributed by atoms with Gasteiger partial charge >= 0.3 is 6.18 Å². The lowest BCUT2D eigenvalue weighted by Crippen LogP contribution is -2.25. The highest BCUT2D eigenvalue weighted by Crippen LogP contribution is 2.30. The van der Waals surface area contributed by atoms with E-state index in [1.807, 2.05) is 0 Å². The summed E-state index contributed by atoms with van der Waals surface area (Å²) in [5, 5.41) is 9.51. The molecule has 2 N–H and O–H groups in total. The average molecular weight is 500 g/mol. The molecule has 3 heterocycles. The molecule has 4 aromatic rings. The first-order chi connectivity index (χ1) is 16.9. The quantitative estimate of drug-likeness (QED) is 0.394. The fraction of sp³-hybridized carbons (Fsp3) is 0.208. The van der Waals surface area contributed by atoms with Crippen molar-refractivity contribution in [2.24, 2.45) is 0 Å². The number of carbonyl (C=O) groups is 2. The minimum Gasteiger partial charge on any atom is -0.348 e. The number of hydrogen-bond acceptors (Lipinski definition) is 5. The Morgan fingerprint density at radius 1 is 1.03 bits per heavy atom. The second-order valence-electron chi connectivity index (χ2n) is 8.07. The summed E-state index contributed by atoms with van der Waals surface area (Å²) >= 11 is 0. The number of aryl methyl sites for hydroxylation is 2. The molecule has 0 radical (unpaired) electrons. The van der Waals surface area contributed by atoms with Gasteiger partial charge in [-0.05, 0) is 50.2 Å². The highest BCUT2D eigenvalue weighted by atomic mass is 19.4. The van der Waals surface area contributed by atoms with E-state index in [9.17, 15) is 27.2 Å². The van der Waals surface area contributed by atoms with Crippen LogP contribution in [0, 0.1) is 19.7 Å². The summed E-state index contributed by atoms with van der Waals surface area (Å²) in [5.74, 6) is -1.44. The van der Waals surface area contributed by atoms with Crippen molar-refractivity contribution < 1.29 is 27.2 Å². The van der Waals surface area contributed by atoms with Gasteiger partial charge in [-0.1, -0.05) is 0 Å². The third-order valence-electron chi connectivity index (χ3n) is 5.36. The van der Waals surface area contributed by atoms with Crippen molar-refractivity contribution in [2.75, 3.05) is 5.32 Å². The van der Waals surface area contributed by atoms with Crippen molar-refractivity contribution in [1.29, 1.82) is 0 Å². The lowest BCUT2D eigenvalue weighted by molar-refractivity contribution is -0.137. The SMILES string of the molecule is CC(=O)Nc1cn2nc(-c3cc(C(=O)NCc4cc(C(F)(F)F)ccc4F)c(C)nc3C)ccc2n1. The molecule has 3 aromatic heterocycles. The van der Waals surface area contributed by atoms with E-state index < -0.39 is 30.0 Å². The van der Waals surface area contributed by atoms with Crippen LogP contribution >= 0.6 is 0 Å². The van der Waals surface area contributed by atoms with Gasteiger partial charge in [0.2, 0.25) is 5.91 Å². The van der Waals surface area contributed by atoms with Gasteiger partial charge < -0.3 is 10.6 Å². The summed E-state index contributed by atoms with van der Waals surface area (Å²) in [6, 6.07) is 6.96. The lowest BCUT2D eigenvalue weighted by atomic mass is 10.0. The van der Waals surface area contributed by atoms with Crippen LogP contribution in [0.15, 0.2) is 42.6 Å². The first-order valence-electron chi connectivity index (χ1n) is 10.7. The second kappa shape index (κ2) is 9.36. The molecule has 0 saturated heterocycles. The normalized spacial score (nSPS) is 11.5. The van der Waals surface area contributed by atoms with Crippen molar-refractivity contribution >= 4 is 23.3 Å². The topological polar surface area (TPSA) is 101 Å². The Balaban J connectivity index is 1.61. The molecule has 186 valence electrons. The van der Waals surface area contributed by atoms with Crippen LogP contribution in [0.25, 0.3) is 16.9 Å². The molecule has 36 heavy (non-hydrogen) atoms. The maximum Gasteiger partial charge on any atom is 0.416 e. The molecule has 0 spiro atoms. The molecular formula is C24H20F4N6O2. The van der Waals surface area contributed by atoms with Gasteiger partial charge in [0.1, 0.15) is 5.82 Å². The van der Waals surface area contributed by atoms with Gasteiger partial charge in [0.05, 0.1) is 28.7 Å². The van der Waals surface area contributed by atoms with Gasteiger partial charge in [-0.3, -0.25) is 14.6 Å². The van der Waals surface area contributed by atoms with Crippen molar-refractivity contribution in [2.45, 2.75) is 33.5 Å². The van der Waals surface area contributed by atoms with Gasteiger partial charge in [-0.15, -0.1) is 0 Å². The van der Waals surface area contributed by atoms with Crippen molar-refractivity contribution in [3.63, 3.8) is 0 Å². The maximum atomic E-state index is 14.1. The number of aromatic nitrogens is 4. The largest absolute Gasteiger partial charge is 0.416 e. The van der Waals surface area contributed by atoms with E-state index in [-0.39, 0.29) is 17.0 Å². The van der Waals surface area contributed by atoms with E-state index in [4.69, 9.17) is 0 Å². The molecule has 12 heteroatoms. The number of fused-ring (bicyclic) bond motifs is 1. The van der Waals surface area contributed by atoms with Crippen LogP contribution in [-0.4, -0.2) is 31.4 Å². The molecule has 0 fully saturated rings. The van der Waals surface area contributed by atoms with Crippen LogP contribution < -0.4 is 10.6 Å². The number of hydrogen-bond donors (Lipinski definition) is 2. The number of anilines is 1. The zero-order chi connectivity index (χ0) is 26.2. The van der Waals surface area contributed by atoms with Gasteiger partial charge in [0.25, 0.3) is 5.91 Å². The van der Waals surface area contributed by atoms with E-state index in [0.29, 0.717) is 46.2 Å². The summed E-state index contributed by atoms with van der Waals surface area (Å²) in [4.78, 5) is 32.8. The van der Waals surface area contributed by atoms with E-state index in [0.717, 1.165) is 6.07 Å². The highest BCUT2D eigenvalue weighted by Gasteiger charge is 2.31. The molecule has 0 aliphatic rings. The smallest absolute Gasteiger partial charge is 0.348 e. The summed E-state index contributed by atoms with van der Waals surface area (Å²) < 4.78 is 54.4. The molecule has 0 aliphatic heterocycles. The van der Waals surface area contributed by atoms with E-state index in [1.165, 1.54) is 17.6 Å². The Morgan fingerprint density at radius 3 is 2.47 bits per heavy atom. The summed E-state index contributed by atoms with van der Waals surface area (Å²) in [5.41, 5.74) is 1.32. The van der Waals surface area contributed by atoms with Gasteiger partial charge in [0.15, 0.2) is 11.5 Å². The van der Waals surface area contributed by atoms with Crippen molar-refractivity contribution in [3.8, 4) is 11.3 Å². The molecule has 0 unspecified atom stereocenters. The Kier molecular flexibility index (Phi) is 6.44. The number of carbonyl (C=O) groups excluding carboxylic acids is 2. The van der Waals surface area contributed by atoms with E-state index in [2.05, 4.69) is 25.7 Å². The summed E-state index contributed by atoms with van der Waals surface area (Å²) in [7, 11) is 0. The van der Waals surface area contributed by atoms with Gasteiger partial charge in [-0.2, -0.15) is 18.3 Å². The number of alkyl halides is 3. The van der Waals surface area contributed by atoms with E-state index >= 15 is 0 Å². The third-order valence-corrected chi connectivity index (χ3v) is 5.36. The number of nitrogens with zero attached hydrogens (tertiary/aromatic N) is 4. The second-order valence-corrected chi connectivity index (χ2v) is 8.07. The summed E-state index contributed by atoms with van der Waals surface area (Å²) in [6.07, 6.45) is -3.10. The number of halogens is 4. The maximum absolute atomic E-state index is 14.1. The third kappa shape index (κ3) is 5.16. The van der Waals surface area contributed by atoms with Crippen LogP contribution in [0.3, 0.4) is 0 Å². The number of imidazole rings is 1. The van der Waals surface area contributed by atoms with E-state index in [1.54, 1.807) is 32.0 Å². The number of benzene rings is 1. The van der Waals surface area contributed by atoms with Crippen molar-refractivity contribution in [1.82, 2.24) is 24.9 Å². The molecule has 8 nitrogen and oxygen atoms in total. The molecule has 1 aromatic carbocycles. The molecule has 4 rings (SSSR count). The van der Waals surface area contributed by atoms with Crippen LogP contribution in [0.2, 0.25) is 0 Å². The fourth-order valence-electron chi connectivity index (χ4n) is 3.64. The average Bonchev–Trinajstić information content (AvgIpc) is 3.18. The Hall–Kier alpha value is -4.35. The Morgan fingerprint density at radius 2 is 1.78 bits per heavy atom. The molecule has 0 aliphatic carbocycles. The zero-order valence-corrected chi connectivity index (χ0v) is 19.4. The first kappa shape index (κ1) is 24.8. The number of pyridine rings is 1. The fourth-order valence-corrected chi connectivity index (χ4v) is 3.64. The first-order valence-corrected chi connectivity index (χ1v) is 10.7.